The van der Waals surface area contributed by atoms with Crippen molar-refractivity contribution in [2.24, 2.45) is 41.1 Å². The first-order chi connectivity index (χ1) is 17.1. The number of nitrogens with two attached hydrogens (primary N) is 2. The number of rotatable bonds is 20. The fourth-order valence-electron chi connectivity index (χ4n) is 7.40. The lowest BCUT2D eigenvalue weighted by atomic mass is 9.50. The summed E-state index contributed by atoms with van der Waals surface area (Å²) in [6, 6.07) is 0.255. The Morgan fingerprint density at radius 1 is 0.771 bits per heavy atom. The fraction of sp³-hybridized carbons (Fsp3) is 0.964. The van der Waals surface area contributed by atoms with E-state index in [0.29, 0.717) is 12.6 Å². The number of amides is 1. The minimum Gasteiger partial charge on any atom is -0.355 e. The first-order valence-corrected chi connectivity index (χ1v) is 15.0. The molecule has 0 saturated heterocycles. The van der Waals surface area contributed by atoms with Crippen molar-refractivity contribution in [1.29, 1.82) is 0 Å². The van der Waals surface area contributed by atoms with Gasteiger partial charge in [-0.15, -0.1) is 0 Å². The Hall–Kier alpha value is -0.730. The van der Waals surface area contributed by atoms with E-state index in [-0.39, 0.29) is 11.9 Å². The molecule has 4 fully saturated rings. The minimum absolute atomic E-state index is 0.00322. The monoisotopic (exact) mass is 492 g/mol. The highest BCUT2D eigenvalue weighted by atomic mass is 16.2. The second-order valence-corrected chi connectivity index (χ2v) is 11.8. The molecule has 204 valence electrons. The lowest BCUT2D eigenvalue weighted by Crippen LogP contribution is -2.52. The molecule has 0 radical (unpaired) electrons. The van der Waals surface area contributed by atoms with Gasteiger partial charge in [-0.2, -0.15) is 0 Å². The third-order valence-corrected chi connectivity index (χ3v) is 8.97. The summed E-state index contributed by atoms with van der Waals surface area (Å²) in [6.07, 6.45) is 14.8. The van der Waals surface area contributed by atoms with E-state index in [2.05, 4.69) is 28.2 Å². The first-order valence-electron chi connectivity index (χ1n) is 15.0. The van der Waals surface area contributed by atoms with Crippen molar-refractivity contribution in [3.63, 3.8) is 0 Å². The van der Waals surface area contributed by atoms with Crippen LogP contribution in [0.25, 0.3) is 0 Å². The molecule has 4 bridgehead atoms. The summed E-state index contributed by atoms with van der Waals surface area (Å²) >= 11 is 0. The Kier molecular flexibility index (Phi) is 13.3. The van der Waals surface area contributed by atoms with Gasteiger partial charge in [0.1, 0.15) is 0 Å². The Bertz CT molecular complexity index is 560. The molecule has 0 aromatic rings. The van der Waals surface area contributed by atoms with Gasteiger partial charge in [-0.25, -0.2) is 0 Å². The molecule has 0 aromatic carbocycles. The lowest BCUT2D eigenvalue weighted by molar-refractivity contribution is -0.122. The van der Waals surface area contributed by atoms with Crippen molar-refractivity contribution in [3.8, 4) is 0 Å². The quantitative estimate of drug-likeness (QED) is 0.145. The van der Waals surface area contributed by atoms with E-state index in [0.717, 1.165) is 101 Å². The van der Waals surface area contributed by atoms with Crippen LogP contribution in [-0.4, -0.2) is 63.8 Å². The summed E-state index contributed by atoms with van der Waals surface area (Å²) in [4.78, 5) is 12.3. The average Bonchev–Trinajstić information content (AvgIpc) is 2.83. The van der Waals surface area contributed by atoms with Gasteiger partial charge in [0, 0.05) is 12.6 Å². The van der Waals surface area contributed by atoms with Crippen LogP contribution in [0, 0.1) is 29.6 Å². The molecule has 0 aliphatic heterocycles. The van der Waals surface area contributed by atoms with Crippen LogP contribution in [0.5, 0.6) is 0 Å². The van der Waals surface area contributed by atoms with Gasteiger partial charge in [-0.1, -0.05) is 6.42 Å². The van der Waals surface area contributed by atoms with E-state index in [1.807, 2.05) is 0 Å². The molecule has 4 aliphatic carbocycles. The molecule has 0 spiro atoms. The van der Waals surface area contributed by atoms with Gasteiger partial charge in [-0.3, -0.25) is 4.79 Å². The average molecular weight is 493 g/mol. The molecule has 1 unspecified atom stereocenters. The van der Waals surface area contributed by atoms with E-state index in [1.165, 1.54) is 44.9 Å². The summed E-state index contributed by atoms with van der Waals surface area (Å²) in [5.74, 6) is 4.96. The zero-order valence-electron chi connectivity index (χ0n) is 22.5. The van der Waals surface area contributed by atoms with Crippen LogP contribution in [0.1, 0.15) is 84.0 Å². The SMILES string of the molecule is CC(NCCCC[C@H](N)C(=O)NCCCNCCCCNCCCN)C1C2CC3CC(C2)CC1C3. The Morgan fingerprint density at radius 3 is 1.97 bits per heavy atom. The third-order valence-electron chi connectivity index (χ3n) is 8.97. The molecule has 2 atom stereocenters. The van der Waals surface area contributed by atoms with Crippen LogP contribution in [0.2, 0.25) is 0 Å². The largest absolute Gasteiger partial charge is 0.355 e. The molecule has 4 saturated carbocycles. The van der Waals surface area contributed by atoms with Crippen molar-refractivity contribution in [1.82, 2.24) is 21.3 Å². The lowest BCUT2D eigenvalue weighted by Gasteiger charge is -2.56. The smallest absolute Gasteiger partial charge is 0.236 e. The summed E-state index contributed by atoms with van der Waals surface area (Å²) < 4.78 is 0. The highest BCUT2D eigenvalue weighted by molar-refractivity contribution is 5.81. The number of unbranched alkanes of at least 4 members (excludes halogenated alkanes) is 2. The first kappa shape index (κ1) is 28.8. The number of hydrogen-bond donors (Lipinski definition) is 6. The molecular weight excluding hydrogens is 436 g/mol. The van der Waals surface area contributed by atoms with Crippen LogP contribution in [-0.2, 0) is 4.79 Å². The second-order valence-electron chi connectivity index (χ2n) is 11.8. The zero-order valence-corrected chi connectivity index (χ0v) is 22.5. The maximum atomic E-state index is 12.3. The van der Waals surface area contributed by atoms with Gasteiger partial charge in [0.25, 0.3) is 0 Å². The topological polar surface area (TPSA) is 117 Å². The van der Waals surface area contributed by atoms with Crippen molar-refractivity contribution < 1.29 is 4.79 Å². The Morgan fingerprint density at radius 2 is 1.34 bits per heavy atom. The molecular formula is C28H56N6O. The van der Waals surface area contributed by atoms with E-state index >= 15 is 0 Å². The van der Waals surface area contributed by atoms with Gasteiger partial charge < -0.3 is 32.7 Å². The van der Waals surface area contributed by atoms with Gasteiger partial charge in [-0.05, 0) is 146 Å². The normalized spacial score (nSPS) is 28.8. The number of nitrogens with one attached hydrogen (secondary N) is 4. The molecule has 7 nitrogen and oxygen atoms in total. The second kappa shape index (κ2) is 16.2. The van der Waals surface area contributed by atoms with Gasteiger partial charge in [0.05, 0.1) is 6.04 Å². The molecule has 4 rings (SSSR count). The molecule has 35 heavy (non-hydrogen) atoms. The summed E-state index contributed by atoms with van der Waals surface area (Å²) in [7, 11) is 0. The van der Waals surface area contributed by atoms with Crippen molar-refractivity contribution in [2.75, 3.05) is 45.8 Å². The number of carbonyl (C=O) groups excluding carboxylic acids is 1. The molecule has 0 aromatic heterocycles. The van der Waals surface area contributed by atoms with Gasteiger partial charge in [0.2, 0.25) is 5.91 Å². The zero-order chi connectivity index (χ0) is 24.9. The van der Waals surface area contributed by atoms with E-state index in [4.69, 9.17) is 11.5 Å². The van der Waals surface area contributed by atoms with Crippen LogP contribution < -0.4 is 32.7 Å². The van der Waals surface area contributed by atoms with Crippen LogP contribution in [0.3, 0.4) is 0 Å². The fourth-order valence-corrected chi connectivity index (χ4v) is 7.40. The van der Waals surface area contributed by atoms with Crippen LogP contribution in [0.15, 0.2) is 0 Å². The van der Waals surface area contributed by atoms with E-state index in [9.17, 15) is 4.79 Å². The Balaban J connectivity index is 1.11. The van der Waals surface area contributed by atoms with Crippen LogP contribution >= 0.6 is 0 Å². The maximum Gasteiger partial charge on any atom is 0.236 e. The van der Waals surface area contributed by atoms with Crippen LogP contribution in [0.4, 0.5) is 0 Å². The maximum absolute atomic E-state index is 12.3. The highest BCUT2D eigenvalue weighted by Crippen LogP contribution is 2.57. The molecule has 8 N–H and O–H groups in total. The number of carbonyl (C=O) groups is 1. The summed E-state index contributed by atoms with van der Waals surface area (Å²) in [5, 5.41) is 13.7. The predicted molar refractivity (Wildman–Crippen MR) is 146 cm³/mol. The van der Waals surface area contributed by atoms with E-state index in [1.54, 1.807) is 0 Å². The van der Waals surface area contributed by atoms with Crippen molar-refractivity contribution in [3.05, 3.63) is 0 Å². The Labute approximate surface area is 215 Å². The molecule has 4 aliphatic rings. The van der Waals surface area contributed by atoms with Gasteiger partial charge in [0.15, 0.2) is 0 Å². The molecule has 0 heterocycles. The highest BCUT2D eigenvalue weighted by Gasteiger charge is 2.49. The standard InChI is InChI=1S/C28H56N6O/c1-21(27-24-17-22-16-23(19-24)20-25(27)18-22)33-14-3-2-8-26(30)28(35)34-15-7-13-32-11-5-4-10-31-12-6-9-29/h21-27,31-33H,2-20,29-30H2,1H3,(H,34,35)/t21?,22?,23?,24?,25?,26-,27?/m0/s1. The number of hydrogen-bond acceptors (Lipinski definition) is 6. The van der Waals surface area contributed by atoms with E-state index < -0.39 is 0 Å². The summed E-state index contributed by atoms with van der Waals surface area (Å²) in [5.41, 5.74) is 11.6. The van der Waals surface area contributed by atoms with Gasteiger partial charge >= 0.3 is 0 Å². The van der Waals surface area contributed by atoms with Crippen molar-refractivity contribution in [2.45, 2.75) is 96.1 Å². The predicted octanol–water partition coefficient (Wildman–Crippen LogP) is 2.35. The third kappa shape index (κ3) is 9.92. The molecule has 7 heteroatoms. The van der Waals surface area contributed by atoms with Crippen molar-refractivity contribution >= 4 is 5.91 Å². The summed E-state index contributed by atoms with van der Waals surface area (Å²) in [6.45, 7) is 8.97. The molecule has 1 amide bonds. The minimum atomic E-state index is -0.378.